The molecule has 7 nitrogen and oxygen atoms in total. The van der Waals surface area contributed by atoms with Crippen molar-refractivity contribution < 1.29 is 19.1 Å². The lowest BCUT2D eigenvalue weighted by atomic mass is 10.1. The van der Waals surface area contributed by atoms with E-state index in [0.29, 0.717) is 17.5 Å². The highest BCUT2D eigenvalue weighted by Gasteiger charge is 2.27. The molecule has 0 saturated heterocycles. The van der Waals surface area contributed by atoms with E-state index in [0.717, 1.165) is 11.3 Å². The largest absolute Gasteiger partial charge is 0.488 e. The molecular weight excluding hydrogens is 396 g/mol. The molecule has 0 amide bonds. The van der Waals surface area contributed by atoms with Crippen molar-refractivity contribution in [2.75, 3.05) is 6.61 Å². The van der Waals surface area contributed by atoms with Crippen LogP contribution in [0.1, 0.15) is 59.8 Å². The number of fused-ring (bicyclic) bond motifs is 1. The molecule has 0 aliphatic carbocycles. The summed E-state index contributed by atoms with van der Waals surface area (Å²) in [4.78, 5) is 42.0. The van der Waals surface area contributed by atoms with Gasteiger partial charge in [0.15, 0.2) is 17.2 Å². The van der Waals surface area contributed by atoms with E-state index in [1.165, 1.54) is 4.57 Å². The summed E-state index contributed by atoms with van der Waals surface area (Å²) in [6.07, 6.45) is 0.282. The maximum absolute atomic E-state index is 13.6. The number of nitrogens with zero attached hydrogens (tertiary/aromatic N) is 1. The maximum atomic E-state index is 13.6. The number of pyridine rings is 1. The molecule has 164 valence electrons. The standard InChI is InChI=1S/C24H28N2O5/c1-6-17-15(5)20-19(22(31-14(3)4)21(25-20)24(29)30-7-2)23(28)26(17)13-18(27)16-11-9-8-10-12-16/h8-12,14,25H,6-7,13H2,1-5H3. The first-order valence-corrected chi connectivity index (χ1v) is 10.5. The Labute approximate surface area is 181 Å². The van der Waals surface area contributed by atoms with Gasteiger partial charge in [-0.1, -0.05) is 37.3 Å². The van der Waals surface area contributed by atoms with Crippen LogP contribution in [0.2, 0.25) is 0 Å². The first-order chi connectivity index (χ1) is 14.8. The molecule has 2 heterocycles. The normalized spacial score (nSPS) is 11.2. The number of aromatic nitrogens is 2. The van der Waals surface area contributed by atoms with Crippen LogP contribution in [0.15, 0.2) is 35.1 Å². The van der Waals surface area contributed by atoms with Crippen molar-refractivity contribution >= 4 is 22.7 Å². The van der Waals surface area contributed by atoms with Gasteiger partial charge in [0.1, 0.15) is 5.39 Å². The highest BCUT2D eigenvalue weighted by atomic mass is 16.5. The summed E-state index contributed by atoms with van der Waals surface area (Å²) in [5, 5.41) is 0.257. The molecule has 0 aliphatic heterocycles. The second kappa shape index (κ2) is 9.20. The first-order valence-electron chi connectivity index (χ1n) is 10.5. The van der Waals surface area contributed by atoms with Gasteiger partial charge >= 0.3 is 5.97 Å². The Kier molecular flexibility index (Phi) is 6.63. The zero-order chi connectivity index (χ0) is 22.7. The van der Waals surface area contributed by atoms with Gasteiger partial charge in [0.2, 0.25) is 0 Å². The average Bonchev–Trinajstić information content (AvgIpc) is 3.12. The Morgan fingerprint density at radius 2 is 1.81 bits per heavy atom. The van der Waals surface area contributed by atoms with Crippen molar-refractivity contribution in [3.8, 4) is 5.75 Å². The molecule has 3 aromatic rings. The topological polar surface area (TPSA) is 90.4 Å². The number of esters is 1. The van der Waals surface area contributed by atoms with Crippen LogP contribution in [0.4, 0.5) is 0 Å². The molecule has 1 aromatic carbocycles. The Balaban J connectivity index is 2.26. The lowest BCUT2D eigenvalue weighted by molar-refractivity contribution is 0.0514. The molecule has 0 aliphatic rings. The second-order valence-corrected chi connectivity index (χ2v) is 7.57. The Hall–Kier alpha value is -3.35. The number of aromatic amines is 1. The Morgan fingerprint density at radius 3 is 2.39 bits per heavy atom. The van der Waals surface area contributed by atoms with Gasteiger partial charge in [0.25, 0.3) is 5.56 Å². The van der Waals surface area contributed by atoms with Crippen LogP contribution >= 0.6 is 0 Å². The van der Waals surface area contributed by atoms with Gasteiger partial charge < -0.3 is 19.0 Å². The zero-order valence-electron chi connectivity index (χ0n) is 18.6. The molecule has 3 rings (SSSR count). The van der Waals surface area contributed by atoms with Gasteiger partial charge in [-0.05, 0) is 39.7 Å². The number of H-pyrrole nitrogens is 1. The van der Waals surface area contributed by atoms with Crippen LogP contribution in [-0.4, -0.2) is 34.0 Å². The molecule has 0 fully saturated rings. The number of ketones is 1. The monoisotopic (exact) mass is 424 g/mol. The number of carbonyl (C=O) groups is 2. The van der Waals surface area contributed by atoms with Gasteiger partial charge in [-0.25, -0.2) is 4.79 Å². The minimum Gasteiger partial charge on any atom is -0.488 e. The quantitative estimate of drug-likeness (QED) is 0.435. The fraction of sp³-hybridized carbons (Fsp3) is 0.375. The van der Waals surface area contributed by atoms with Crippen LogP contribution < -0.4 is 10.3 Å². The van der Waals surface area contributed by atoms with E-state index in [2.05, 4.69) is 4.98 Å². The van der Waals surface area contributed by atoms with Crippen molar-refractivity contribution in [3.63, 3.8) is 0 Å². The number of hydrogen-bond acceptors (Lipinski definition) is 5. The number of ether oxygens (including phenoxy) is 2. The Morgan fingerprint density at radius 1 is 1.13 bits per heavy atom. The molecule has 2 aromatic heterocycles. The molecule has 0 unspecified atom stereocenters. The lowest BCUT2D eigenvalue weighted by Crippen LogP contribution is -2.28. The van der Waals surface area contributed by atoms with Gasteiger partial charge in [0, 0.05) is 11.3 Å². The summed E-state index contributed by atoms with van der Waals surface area (Å²) in [6, 6.07) is 8.87. The van der Waals surface area contributed by atoms with Crippen molar-refractivity contribution in [1.82, 2.24) is 9.55 Å². The number of Topliss-reactive ketones (excluding diaryl/α,β-unsaturated/α-hetero) is 1. The summed E-state index contributed by atoms with van der Waals surface area (Å²) in [7, 11) is 0. The van der Waals surface area contributed by atoms with E-state index in [9.17, 15) is 14.4 Å². The van der Waals surface area contributed by atoms with E-state index < -0.39 is 5.97 Å². The molecule has 0 spiro atoms. The zero-order valence-corrected chi connectivity index (χ0v) is 18.6. The molecule has 1 N–H and O–H groups in total. The number of nitrogens with one attached hydrogen (secondary N) is 1. The number of rotatable bonds is 8. The SMILES string of the molecule is CCOC(=O)c1[nH]c2c(C)c(CC)n(CC(=O)c3ccccc3)c(=O)c2c1OC(C)C. The molecular formula is C24H28N2O5. The average molecular weight is 424 g/mol. The van der Waals surface area contributed by atoms with E-state index in [-0.39, 0.29) is 47.4 Å². The van der Waals surface area contributed by atoms with Gasteiger partial charge in [-0.2, -0.15) is 0 Å². The van der Waals surface area contributed by atoms with Gasteiger partial charge in [-0.3, -0.25) is 9.59 Å². The second-order valence-electron chi connectivity index (χ2n) is 7.57. The molecule has 0 saturated carbocycles. The highest BCUT2D eigenvalue weighted by molar-refractivity contribution is 6.02. The third-order valence-corrected chi connectivity index (χ3v) is 5.11. The molecule has 7 heteroatoms. The van der Waals surface area contributed by atoms with Crippen LogP contribution in [-0.2, 0) is 17.7 Å². The third-order valence-electron chi connectivity index (χ3n) is 5.11. The van der Waals surface area contributed by atoms with Crippen molar-refractivity contribution in [3.05, 3.63) is 63.2 Å². The number of carbonyl (C=O) groups excluding carboxylic acids is 2. The number of hydrogen-bond donors (Lipinski definition) is 1. The third kappa shape index (κ3) is 4.26. The predicted octanol–water partition coefficient (Wildman–Crippen LogP) is 4.05. The van der Waals surface area contributed by atoms with Crippen molar-refractivity contribution in [2.45, 2.75) is 53.7 Å². The minimum atomic E-state index is -0.585. The fourth-order valence-electron chi connectivity index (χ4n) is 3.76. The van der Waals surface area contributed by atoms with Crippen LogP contribution in [0.25, 0.3) is 10.9 Å². The fourth-order valence-corrected chi connectivity index (χ4v) is 3.76. The molecule has 0 atom stereocenters. The van der Waals surface area contributed by atoms with Crippen LogP contribution in [0, 0.1) is 6.92 Å². The maximum Gasteiger partial charge on any atom is 0.358 e. The van der Waals surface area contributed by atoms with Crippen LogP contribution in [0.5, 0.6) is 5.75 Å². The van der Waals surface area contributed by atoms with Crippen molar-refractivity contribution in [1.29, 1.82) is 0 Å². The Bertz CT molecular complexity index is 1170. The number of aryl methyl sites for hydroxylation is 1. The summed E-state index contributed by atoms with van der Waals surface area (Å²) in [5.41, 5.74) is 2.33. The highest BCUT2D eigenvalue weighted by Crippen LogP contribution is 2.32. The number of benzene rings is 1. The minimum absolute atomic E-state index is 0.0934. The van der Waals surface area contributed by atoms with Crippen molar-refractivity contribution in [2.24, 2.45) is 0 Å². The molecule has 0 bridgehead atoms. The van der Waals surface area contributed by atoms with E-state index in [1.807, 2.05) is 33.8 Å². The van der Waals surface area contributed by atoms with E-state index in [1.54, 1.807) is 31.2 Å². The smallest absolute Gasteiger partial charge is 0.358 e. The summed E-state index contributed by atoms with van der Waals surface area (Å²) < 4.78 is 12.5. The lowest BCUT2D eigenvalue weighted by Gasteiger charge is -2.16. The summed E-state index contributed by atoms with van der Waals surface area (Å²) in [6.45, 7) is 9.25. The van der Waals surface area contributed by atoms with Crippen LogP contribution in [0.3, 0.4) is 0 Å². The first kappa shape index (κ1) is 22.3. The van der Waals surface area contributed by atoms with Gasteiger partial charge in [0.05, 0.1) is 24.8 Å². The van der Waals surface area contributed by atoms with E-state index in [4.69, 9.17) is 9.47 Å². The van der Waals surface area contributed by atoms with Gasteiger partial charge in [-0.15, -0.1) is 0 Å². The molecule has 31 heavy (non-hydrogen) atoms. The summed E-state index contributed by atoms with van der Waals surface area (Å²) >= 11 is 0. The summed E-state index contributed by atoms with van der Waals surface area (Å²) in [5.74, 6) is -0.582. The predicted molar refractivity (Wildman–Crippen MR) is 119 cm³/mol. The molecule has 0 radical (unpaired) electrons. The van der Waals surface area contributed by atoms with E-state index >= 15 is 0 Å².